The van der Waals surface area contributed by atoms with Crippen molar-refractivity contribution in [1.82, 2.24) is 9.21 Å². The zero-order valence-corrected chi connectivity index (χ0v) is 22.0. The van der Waals surface area contributed by atoms with Crippen LogP contribution in [-0.2, 0) is 32.6 Å². The number of benzene rings is 2. The van der Waals surface area contributed by atoms with Crippen molar-refractivity contribution in [2.45, 2.75) is 31.3 Å². The second kappa shape index (κ2) is 12.8. The molecule has 3 aromatic rings. The molecule has 0 aliphatic heterocycles. The monoisotopic (exact) mass is 516 g/mol. The van der Waals surface area contributed by atoms with E-state index in [1.54, 1.807) is 35.5 Å². The summed E-state index contributed by atoms with van der Waals surface area (Å²) >= 11 is 1.59. The van der Waals surface area contributed by atoms with Gasteiger partial charge in [-0.15, -0.1) is 11.3 Å². The van der Waals surface area contributed by atoms with Crippen molar-refractivity contribution in [3.8, 4) is 5.75 Å². The molecule has 0 N–H and O–H groups in total. The van der Waals surface area contributed by atoms with E-state index in [2.05, 4.69) is 0 Å². The number of rotatable bonds is 13. The van der Waals surface area contributed by atoms with Crippen molar-refractivity contribution in [2.24, 2.45) is 0 Å². The Labute approximate surface area is 212 Å². The van der Waals surface area contributed by atoms with Gasteiger partial charge in [0, 0.05) is 31.7 Å². The topological polar surface area (TPSA) is 76.2 Å². The van der Waals surface area contributed by atoms with Crippen molar-refractivity contribution < 1.29 is 22.7 Å². The summed E-state index contributed by atoms with van der Waals surface area (Å²) < 4.78 is 38.5. The molecule has 0 fully saturated rings. The third-order valence-corrected chi connectivity index (χ3v) is 8.50. The summed E-state index contributed by atoms with van der Waals surface area (Å²) in [6.45, 7) is 3.14. The molecule has 0 aliphatic carbocycles. The first-order chi connectivity index (χ1) is 16.8. The van der Waals surface area contributed by atoms with E-state index < -0.39 is 10.0 Å². The number of carbonyl (C=O) groups is 1. The molecule has 188 valence electrons. The molecule has 2 aromatic carbocycles. The summed E-state index contributed by atoms with van der Waals surface area (Å²) in [5, 5.41) is 2.00. The number of methoxy groups -OCH3 is 2. The molecule has 1 aromatic heterocycles. The van der Waals surface area contributed by atoms with Gasteiger partial charge < -0.3 is 14.4 Å². The lowest BCUT2D eigenvalue weighted by Gasteiger charge is -2.27. The number of hydrogen-bond acceptors (Lipinski definition) is 6. The maximum atomic E-state index is 13.6. The fourth-order valence-electron chi connectivity index (χ4n) is 3.59. The Morgan fingerprint density at radius 3 is 2.29 bits per heavy atom. The minimum Gasteiger partial charge on any atom is -0.497 e. The van der Waals surface area contributed by atoms with E-state index in [1.165, 1.54) is 23.5 Å². The smallest absolute Gasteiger partial charge is 0.243 e. The average Bonchev–Trinajstić information content (AvgIpc) is 3.27. The van der Waals surface area contributed by atoms with Crippen LogP contribution in [0.15, 0.2) is 70.9 Å². The van der Waals surface area contributed by atoms with E-state index in [0.29, 0.717) is 31.9 Å². The lowest BCUT2D eigenvalue weighted by Crippen LogP contribution is -2.43. The minimum atomic E-state index is -3.90. The van der Waals surface area contributed by atoms with Gasteiger partial charge in [0.2, 0.25) is 15.9 Å². The molecule has 0 saturated heterocycles. The Hall–Kier alpha value is -2.72. The Kier molecular flexibility index (Phi) is 9.85. The maximum Gasteiger partial charge on any atom is 0.243 e. The highest BCUT2D eigenvalue weighted by Crippen LogP contribution is 2.22. The summed E-state index contributed by atoms with van der Waals surface area (Å²) in [7, 11) is -0.809. The second-order valence-corrected chi connectivity index (χ2v) is 11.1. The number of hydrogen-bond donors (Lipinski definition) is 0. The number of amides is 1. The van der Waals surface area contributed by atoms with Crippen LogP contribution in [0, 0.1) is 6.92 Å². The summed E-state index contributed by atoms with van der Waals surface area (Å²) in [5.41, 5.74) is 2.10. The van der Waals surface area contributed by atoms with Crippen LogP contribution in [0.25, 0.3) is 0 Å². The van der Waals surface area contributed by atoms with E-state index in [9.17, 15) is 13.2 Å². The van der Waals surface area contributed by atoms with E-state index in [1.807, 2.05) is 48.7 Å². The van der Waals surface area contributed by atoms with E-state index in [4.69, 9.17) is 9.47 Å². The molecule has 0 saturated carbocycles. The molecular formula is C26H32N2O5S2. The number of nitrogens with zero attached hydrogens (tertiary/aromatic N) is 2. The van der Waals surface area contributed by atoms with E-state index in [0.717, 1.165) is 16.0 Å². The molecule has 0 unspecified atom stereocenters. The van der Waals surface area contributed by atoms with Crippen LogP contribution in [0.4, 0.5) is 0 Å². The predicted molar refractivity (Wildman–Crippen MR) is 138 cm³/mol. The SMILES string of the molecule is COCCCN(CC(=O)N(Cc1ccccc1)Cc1sccc1C)S(=O)(=O)c1ccc(OC)cc1. The van der Waals surface area contributed by atoms with Gasteiger partial charge in [0.05, 0.1) is 25.1 Å². The summed E-state index contributed by atoms with van der Waals surface area (Å²) in [6, 6.07) is 17.9. The van der Waals surface area contributed by atoms with Crippen molar-refractivity contribution in [1.29, 1.82) is 0 Å². The average molecular weight is 517 g/mol. The Balaban J connectivity index is 1.86. The highest BCUT2D eigenvalue weighted by Gasteiger charge is 2.29. The minimum absolute atomic E-state index is 0.118. The van der Waals surface area contributed by atoms with E-state index >= 15 is 0 Å². The molecule has 0 aliphatic rings. The third kappa shape index (κ3) is 7.38. The van der Waals surface area contributed by atoms with Crippen LogP contribution in [-0.4, -0.2) is 57.4 Å². The lowest BCUT2D eigenvalue weighted by molar-refractivity contribution is -0.132. The van der Waals surface area contributed by atoms with Crippen molar-refractivity contribution in [2.75, 3.05) is 33.9 Å². The van der Waals surface area contributed by atoms with Gasteiger partial charge in [0.1, 0.15) is 5.75 Å². The van der Waals surface area contributed by atoms with Crippen LogP contribution in [0.1, 0.15) is 22.4 Å². The highest BCUT2D eigenvalue weighted by atomic mass is 32.2. The summed E-state index contributed by atoms with van der Waals surface area (Å²) in [5.74, 6) is 0.308. The molecule has 0 bridgehead atoms. The number of ether oxygens (including phenoxy) is 2. The quantitative estimate of drug-likeness (QED) is 0.316. The Bertz CT molecular complexity index is 1180. The van der Waals surface area contributed by atoms with Gasteiger partial charge in [-0.25, -0.2) is 8.42 Å². The van der Waals surface area contributed by atoms with Gasteiger partial charge in [-0.2, -0.15) is 4.31 Å². The Morgan fingerprint density at radius 1 is 0.971 bits per heavy atom. The number of sulfonamides is 1. The molecule has 1 amide bonds. The van der Waals surface area contributed by atoms with Gasteiger partial charge in [-0.3, -0.25) is 4.79 Å². The first-order valence-electron chi connectivity index (χ1n) is 11.3. The first kappa shape index (κ1) is 26.9. The summed E-state index contributed by atoms with van der Waals surface area (Å²) in [4.78, 5) is 16.5. The van der Waals surface area contributed by atoms with Gasteiger partial charge in [-0.05, 0) is 60.2 Å². The van der Waals surface area contributed by atoms with Crippen LogP contribution in [0.3, 0.4) is 0 Å². The maximum absolute atomic E-state index is 13.6. The van der Waals surface area contributed by atoms with Crippen molar-refractivity contribution in [3.05, 3.63) is 82.0 Å². The van der Waals surface area contributed by atoms with Crippen LogP contribution in [0.2, 0.25) is 0 Å². The molecular weight excluding hydrogens is 484 g/mol. The molecule has 35 heavy (non-hydrogen) atoms. The number of thiophene rings is 1. The normalized spacial score (nSPS) is 11.5. The van der Waals surface area contributed by atoms with Crippen molar-refractivity contribution >= 4 is 27.3 Å². The lowest BCUT2D eigenvalue weighted by atomic mass is 10.2. The largest absolute Gasteiger partial charge is 0.497 e. The Morgan fingerprint density at radius 2 is 1.69 bits per heavy atom. The molecule has 3 rings (SSSR count). The van der Waals surface area contributed by atoms with E-state index in [-0.39, 0.29) is 23.9 Å². The van der Waals surface area contributed by atoms with Gasteiger partial charge in [0.25, 0.3) is 0 Å². The van der Waals surface area contributed by atoms with Gasteiger partial charge in [-0.1, -0.05) is 30.3 Å². The highest BCUT2D eigenvalue weighted by molar-refractivity contribution is 7.89. The third-order valence-electron chi connectivity index (χ3n) is 5.64. The number of aryl methyl sites for hydroxylation is 1. The summed E-state index contributed by atoms with van der Waals surface area (Å²) in [6.07, 6.45) is 0.474. The molecule has 0 radical (unpaired) electrons. The fourth-order valence-corrected chi connectivity index (χ4v) is 5.94. The van der Waals surface area contributed by atoms with Gasteiger partial charge in [0.15, 0.2) is 0 Å². The van der Waals surface area contributed by atoms with Crippen molar-refractivity contribution in [3.63, 3.8) is 0 Å². The number of carbonyl (C=O) groups excluding carboxylic acids is 1. The molecule has 0 spiro atoms. The predicted octanol–water partition coefficient (Wildman–Crippen LogP) is 4.32. The molecule has 0 atom stereocenters. The van der Waals surface area contributed by atoms with Crippen LogP contribution < -0.4 is 4.74 Å². The standard InChI is InChI=1S/C26H32N2O5S2/c1-21-14-17-34-25(21)19-27(18-22-8-5-4-6-9-22)26(29)20-28(15-7-16-32-2)35(30,31)24-12-10-23(33-3)11-13-24/h4-6,8-14,17H,7,15-16,18-20H2,1-3H3. The zero-order chi connectivity index (χ0) is 25.3. The molecule has 9 heteroatoms. The van der Waals surface area contributed by atoms with Crippen LogP contribution in [0.5, 0.6) is 5.75 Å². The second-order valence-electron chi connectivity index (χ2n) is 8.12. The van der Waals surface area contributed by atoms with Gasteiger partial charge >= 0.3 is 0 Å². The molecule has 7 nitrogen and oxygen atoms in total. The zero-order valence-electron chi connectivity index (χ0n) is 20.3. The first-order valence-corrected chi connectivity index (χ1v) is 13.6. The fraction of sp³-hybridized carbons (Fsp3) is 0.346. The molecule has 1 heterocycles. The van der Waals surface area contributed by atoms with Crippen LogP contribution >= 0.6 is 11.3 Å².